The molecule has 0 spiro atoms. The summed E-state index contributed by atoms with van der Waals surface area (Å²) in [6.45, 7) is 3.09. The number of carbonyl (C=O) groups excluding carboxylic acids is 1. The van der Waals surface area contributed by atoms with E-state index in [0.717, 1.165) is 28.3 Å². The second kappa shape index (κ2) is 7.70. The maximum Gasteiger partial charge on any atom is 0.252 e. The van der Waals surface area contributed by atoms with E-state index in [1.807, 2.05) is 35.9 Å². The molecule has 2 rings (SSSR count). The van der Waals surface area contributed by atoms with Gasteiger partial charge in [-0.05, 0) is 17.9 Å². The molecule has 0 atom stereocenters. The summed E-state index contributed by atoms with van der Waals surface area (Å²) < 4.78 is 10.4. The molecule has 0 unspecified atom stereocenters. The Morgan fingerprint density at radius 2 is 1.77 bits per heavy atom. The van der Waals surface area contributed by atoms with Crippen LogP contribution in [0.3, 0.4) is 0 Å². The van der Waals surface area contributed by atoms with Gasteiger partial charge in [-0.2, -0.15) is 11.3 Å². The van der Waals surface area contributed by atoms with Crippen molar-refractivity contribution in [1.29, 1.82) is 0 Å². The number of aryl methyl sites for hydroxylation is 1. The Labute approximate surface area is 134 Å². The van der Waals surface area contributed by atoms with E-state index in [1.54, 1.807) is 14.2 Å². The Bertz CT molecular complexity index is 618. The molecule has 2 N–H and O–H groups in total. The van der Waals surface area contributed by atoms with E-state index in [1.165, 1.54) is 11.3 Å². The summed E-state index contributed by atoms with van der Waals surface area (Å²) in [5, 5.41) is 9.97. The van der Waals surface area contributed by atoms with Crippen molar-refractivity contribution in [2.75, 3.05) is 32.6 Å². The third-order valence-corrected chi connectivity index (χ3v) is 4.05. The summed E-state index contributed by atoms with van der Waals surface area (Å²) in [6.07, 6.45) is 0. The van der Waals surface area contributed by atoms with Crippen molar-refractivity contribution in [2.24, 2.45) is 0 Å². The van der Waals surface area contributed by atoms with E-state index in [0.29, 0.717) is 13.1 Å². The predicted molar refractivity (Wildman–Crippen MR) is 89.4 cm³/mol. The van der Waals surface area contributed by atoms with Gasteiger partial charge >= 0.3 is 0 Å². The largest absolute Gasteiger partial charge is 0.497 e. The molecule has 2 aromatic rings. The maximum absolute atomic E-state index is 12.0. The Hall–Kier alpha value is -2.21. The lowest BCUT2D eigenvalue weighted by Gasteiger charge is -2.11. The van der Waals surface area contributed by atoms with Gasteiger partial charge in [-0.1, -0.05) is 0 Å². The average molecular weight is 320 g/mol. The van der Waals surface area contributed by atoms with Gasteiger partial charge in [-0.25, -0.2) is 0 Å². The fourth-order valence-electron chi connectivity index (χ4n) is 1.98. The van der Waals surface area contributed by atoms with E-state index >= 15 is 0 Å². The molecule has 1 amide bonds. The number of hydrogen-bond donors (Lipinski definition) is 2. The second-order valence-electron chi connectivity index (χ2n) is 4.75. The summed E-state index contributed by atoms with van der Waals surface area (Å²) in [5.74, 6) is 1.41. The number of rotatable bonds is 7. The van der Waals surface area contributed by atoms with Gasteiger partial charge in [0.05, 0.1) is 19.8 Å². The monoisotopic (exact) mass is 320 g/mol. The molecule has 0 bridgehead atoms. The molecule has 22 heavy (non-hydrogen) atoms. The zero-order valence-corrected chi connectivity index (χ0v) is 13.8. The lowest BCUT2D eigenvalue weighted by molar-refractivity contribution is 0.0955. The number of methoxy groups -OCH3 is 2. The van der Waals surface area contributed by atoms with Crippen molar-refractivity contribution >= 4 is 22.9 Å². The molecule has 0 aliphatic heterocycles. The van der Waals surface area contributed by atoms with Crippen LogP contribution in [0.1, 0.15) is 15.9 Å². The van der Waals surface area contributed by atoms with Crippen LogP contribution in [0.25, 0.3) is 0 Å². The standard InChI is InChI=1S/C16H20N2O3S/c1-11-9-22-10-15(11)16(19)18-5-4-17-12-6-13(20-2)8-14(7-12)21-3/h6-10,17H,4-5H2,1-3H3,(H,18,19). The van der Waals surface area contributed by atoms with Crippen molar-refractivity contribution in [3.63, 3.8) is 0 Å². The minimum atomic E-state index is -0.0382. The third-order valence-electron chi connectivity index (χ3n) is 3.19. The van der Waals surface area contributed by atoms with E-state index in [2.05, 4.69) is 10.6 Å². The smallest absolute Gasteiger partial charge is 0.252 e. The molecule has 0 radical (unpaired) electrons. The highest BCUT2D eigenvalue weighted by molar-refractivity contribution is 7.08. The Morgan fingerprint density at radius 3 is 2.32 bits per heavy atom. The number of anilines is 1. The number of hydrogen-bond acceptors (Lipinski definition) is 5. The van der Waals surface area contributed by atoms with Gasteiger partial charge in [0, 0.05) is 42.4 Å². The Kier molecular flexibility index (Phi) is 5.66. The van der Waals surface area contributed by atoms with E-state index in [9.17, 15) is 4.79 Å². The van der Waals surface area contributed by atoms with Crippen LogP contribution in [0.5, 0.6) is 11.5 Å². The molecule has 6 heteroatoms. The third kappa shape index (κ3) is 4.14. The van der Waals surface area contributed by atoms with Crippen LogP contribution >= 0.6 is 11.3 Å². The highest BCUT2D eigenvalue weighted by atomic mass is 32.1. The summed E-state index contributed by atoms with van der Waals surface area (Å²) in [4.78, 5) is 12.0. The first kappa shape index (κ1) is 16.2. The molecule has 0 aliphatic carbocycles. The zero-order valence-electron chi connectivity index (χ0n) is 12.9. The van der Waals surface area contributed by atoms with Gasteiger partial charge in [0.25, 0.3) is 5.91 Å². The molecule has 0 saturated carbocycles. The minimum absolute atomic E-state index is 0.0382. The lowest BCUT2D eigenvalue weighted by Crippen LogP contribution is -2.28. The van der Waals surface area contributed by atoms with E-state index < -0.39 is 0 Å². The molecule has 0 saturated heterocycles. The van der Waals surface area contributed by atoms with Gasteiger partial charge in [-0.15, -0.1) is 0 Å². The van der Waals surface area contributed by atoms with E-state index in [4.69, 9.17) is 9.47 Å². The summed E-state index contributed by atoms with van der Waals surface area (Å²) in [6, 6.07) is 5.58. The van der Waals surface area contributed by atoms with Crippen LogP contribution in [0.4, 0.5) is 5.69 Å². The molecule has 1 aromatic heterocycles. The van der Waals surface area contributed by atoms with Gasteiger partial charge in [0.1, 0.15) is 11.5 Å². The number of thiophene rings is 1. The number of nitrogens with one attached hydrogen (secondary N) is 2. The van der Waals surface area contributed by atoms with Gasteiger partial charge in [0.15, 0.2) is 0 Å². The first-order valence-corrected chi connectivity index (χ1v) is 7.86. The van der Waals surface area contributed by atoms with Crippen LogP contribution in [0.15, 0.2) is 29.0 Å². The summed E-state index contributed by atoms with van der Waals surface area (Å²) >= 11 is 1.53. The topological polar surface area (TPSA) is 59.6 Å². The number of carbonyl (C=O) groups is 1. The fraction of sp³-hybridized carbons (Fsp3) is 0.312. The quantitative estimate of drug-likeness (QED) is 0.770. The SMILES string of the molecule is COc1cc(NCCNC(=O)c2cscc2C)cc(OC)c1. The first-order valence-electron chi connectivity index (χ1n) is 6.92. The second-order valence-corrected chi connectivity index (χ2v) is 5.50. The lowest BCUT2D eigenvalue weighted by atomic mass is 10.2. The average Bonchev–Trinajstić information content (AvgIpc) is 2.97. The van der Waals surface area contributed by atoms with E-state index in [-0.39, 0.29) is 5.91 Å². The molecule has 0 aliphatic rings. The molecular weight excluding hydrogens is 300 g/mol. The summed E-state index contributed by atoms with van der Waals surface area (Å²) in [7, 11) is 3.23. The van der Waals surface area contributed by atoms with Crippen molar-refractivity contribution in [3.05, 3.63) is 40.1 Å². The predicted octanol–water partition coefficient (Wildman–Crippen LogP) is 2.92. The number of ether oxygens (including phenoxy) is 2. The van der Waals surface area contributed by atoms with Crippen LogP contribution in [-0.4, -0.2) is 33.2 Å². The van der Waals surface area contributed by atoms with Crippen LogP contribution < -0.4 is 20.1 Å². The van der Waals surface area contributed by atoms with Crippen molar-refractivity contribution < 1.29 is 14.3 Å². The molecule has 118 valence electrons. The van der Waals surface area contributed by atoms with Crippen LogP contribution in [0, 0.1) is 6.92 Å². The Balaban J connectivity index is 1.84. The van der Waals surface area contributed by atoms with Crippen molar-refractivity contribution in [1.82, 2.24) is 5.32 Å². The zero-order chi connectivity index (χ0) is 15.9. The molecule has 5 nitrogen and oxygen atoms in total. The highest BCUT2D eigenvalue weighted by Gasteiger charge is 2.08. The molecular formula is C16H20N2O3S. The van der Waals surface area contributed by atoms with Crippen LogP contribution in [-0.2, 0) is 0 Å². The number of benzene rings is 1. The normalized spacial score (nSPS) is 10.1. The minimum Gasteiger partial charge on any atom is -0.497 e. The highest BCUT2D eigenvalue weighted by Crippen LogP contribution is 2.25. The summed E-state index contributed by atoms with van der Waals surface area (Å²) in [5.41, 5.74) is 2.64. The van der Waals surface area contributed by atoms with Crippen LogP contribution in [0.2, 0.25) is 0 Å². The Morgan fingerprint density at radius 1 is 1.09 bits per heavy atom. The molecule has 0 fully saturated rings. The van der Waals surface area contributed by atoms with Crippen molar-refractivity contribution in [2.45, 2.75) is 6.92 Å². The van der Waals surface area contributed by atoms with Gasteiger partial charge in [-0.3, -0.25) is 4.79 Å². The molecule has 1 heterocycles. The number of amides is 1. The first-order chi connectivity index (χ1) is 10.6. The molecule has 1 aromatic carbocycles. The van der Waals surface area contributed by atoms with Gasteiger partial charge < -0.3 is 20.1 Å². The van der Waals surface area contributed by atoms with Crippen molar-refractivity contribution in [3.8, 4) is 11.5 Å². The fourth-order valence-corrected chi connectivity index (χ4v) is 2.81. The van der Waals surface area contributed by atoms with Gasteiger partial charge in [0.2, 0.25) is 0 Å². The maximum atomic E-state index is 12.0.